The van der Waals surface area contributed by atoms with Crippen LogP contribution in [0.15, 0.2) is 47.1 Å². The van der Waals surface area contributed by atoms with Crippen molar-refractivity contribution in [3.63, 3.8) is 0 Å². The Morgan fingerprint density at radius 3 is 2.82 bits per heavy atom. The van der Waals surface area contributed by atoms with E-state index in [2.05, 4.69) is 5.32 Å². The summed E-state index contributed by atoms with van der Waals surface area (Å²) in [5, 5.41) is 11.3. The molecule has 0 aliphatic heterocycles. The summed E-state index contributed by atoms with van der Waals surface area (Å²) < 4.78 is 15.6. The van der Waals surface area contributed by atoms with Crippen molar-refractivity contribution < 1.29 is 23.5 Å². The van der Waals surface area contributed by atoms with Crippen LogP contribution in [0.25, 0.3) is 6.08 Å². The molecule has 0 fully saturated rings. The Morgan fingerprint density at radius 2 is 2.14 bits per heavy atom. The molecule has 0 aliphatic carbocycles. The van der Waals surface area contributed by atoms with Gasteiger partial charge in [0, 0.05) is 13.1 Å². The molecule has 146 valence electrons. The van der Waals surface area contributed by atoms with Gasteiger partial charge in [-0.2, -0.15) is 5.26 Å². The zero-order chi connectivity index (χ0) is 20.4. The lowest BCUT2D eigenvalue weighted by atomic mass is 10.2. The number of furan rings is 1. The number of methoxy groups -OCH3 is 1. The number of carbonyl (C=O) groups excluding carboxylic acids is 2. The van der Waals surface area contributed by atoms with Crippen LogP contribution in [0.1, 0.15) is 11.3 Å². The van der Waals surface area contributed by atoms with Gasteiger partial charge in [0.15, 0.2) is 18.1 Å². The molecule has 8 heteroatoms. The predicted molar refractivity (Wildman–Crippen MR) is 101 cm³/mol. The predicted octanol–water partition coefficient (Wildman–Crippen LogP) is 1.98. The Morgan fingerprint density at radius 1 is 1.32 bits per heavy atom. The van der Waals surface area contributed by atoms with Crippen LogP contribution in [0, 0.1) is 11.3 Å². The van der Waals surface area contributed by atoms with Crippen molar-refractivity contribution in [3.05, 3.63) is 54.0 Å². The second kappa shape index (κ2) is 10.4. The fraction of sp³-hybridized carbons (Fsp3) is 0.250. The van der Waals surface area contributed by atoms with Crippen molar-refractivity contribution in [1.29, 1.82) is 5.26 Å². The van der Waals surface area contributed by atoms with Crippen LogP contribution in [-0.2, 0) is 16.1 Å². The second-order valence-electron chi connectivity index (χ2n) is 5.74. The van der Waals surface area contributed by atoms with Gasteiger partial charge in [0.05, 0.1) is 26.5 Å². The molecule has 2 aromatic rings. The molecular formula is C20H21N3O5. The highest BCUT2D eigenvalue weighted by atomic mass is 16.5. The smallest absolute Gasteiger partial charge is 0.246 e. The third-order valence-electron chi connectivity index (χ3n) is 3.70. The SMILES string of the molecule is COc1cc(C=CC(=O)N(C)CC(=O)NCc2ccco2)ccc1OCC#N. The van der Waals surface area contributed by atoms with E-state index in [0.717, 1.165) is 0 Å². The first-order valence-electron chi connectivity index (χ1n) is 8.43. The fourth-order valence-corrected chi connectivity index (χ4v) is 2.26. The van der Waals surface area contributed by atoms with Crippen LogP contribution >= 0.6 is 0 Å². The summed E-state index contributed by atoms with van der Waals surface area (Å²) >= 11 is 0. The molecule has 28 heavy (non-hydrogen) atoms. The highest BCUT2D eigenvalue weighted by molar-refractivity contribution is 5.94. The lowest BCUT2D eigenvalue weighted by Crippen LogP contribution is -2.37. The van der Waals surface area contributed by atoms with Crippen molar-refractivity contribution in [2.45, 2.75) is 6.54 Å². The number of likely N-dealkylation sites (N-methyl/N-ethyl adjacent to an activating group) is 1. The molecule has 0 saturated carbocycles. The highest BCUT2D eigenvalue weighted by Crippen LogP contribution is 2.28. The summed E-state index contributed by atoms with van der Waals surface area (Å²) in [5.74, 6) is 0.921. The number of ether oxygens (including phenoxy) is 2. The van der Waals surface area contributed by atoms with Gasteiger partial charge in [0.1, 0.15) is 11.8 Å². The first-order chi connectivity index (χ1) is 13.5. The van der Waals surface area contributed by atoms with Gasteiger partial charge in [-0.1, -0.05) is 6.07 Å². The van der Waals surface area contributed by atoms with Crippen LogP contribution in [0.5, 0.6) is 11.5 Å². The van der Waals surface area contributed by atoms with Crippen molar-refractivity contribution in [1.82, 2.24) is 10.2 Å². The minimum atomic E-state index is -0.322. The second-order valence-corrected chi connectivity index (χ2v) is 5.74. The summed E-state index contributed by atoms with van der Waals surface area (Å²) in [4.78, 5) is 25.4. The van der Waals surface area contributed by atoms with Gasteiger partial charge in [-0.05, 0) is 35.9 Å². The molecule has 2 amide bonds. The van der Waals surface area contributed by atoms with E-state index in [0.29, 0.717) is 22.8 Å². The van der Waals surface area contributed by atoms with E-state index in [9.17, 15) is 9.59 Å². The average Bonchev–Trinajstić information content (AvgIpc) is 3.22. The number of nitrogens with one attached hydrogen (secondary N) is 1. The normalized spacial score (nSPS) is 10.3. The first kappa shape index (κ1) is 20.6. The minimum Gasteiger partial charge on any atom is -0.493 e. The number of carbonyl (C=O) groups is 2. The Bertz CT molecular complexity index is 868. The molecule has 0 aliphatic rings. The van der Waals surface area contributed by atoms with Gasteiger partial charge in [0.2, 0.25) is 11.8 Å². The highest BCUT2D eigenvalue weighted by Gasteiger charge is 2.11. The molecule has 0 atom stereocenters. The van der Waals surface area contributed by atoms with Crippen LogP contribution in [0.2, 0.25) is 0 Å². The Balaban J connectivity index is 1.89. The number of hydrogen-bond acceptors (Lipinski definition) is 6. The molecule has 1 aromatic carbocycles. The largest absolute Gasteiger partial charge is 0.493 e. The number of rotatable bonds is 9. The summed E-state index contributed by atoms with van der Waals surface area (Å²) in [6.45, 7) is 0.106. The number of nitriles is 1. The number of hydrogen-bond donors (Lipinski definition) is 1. The maximum atomic E-state index is 12.2. The Kier molecular flexibility index (Phi) is 7.66. The van der Waals surface area contributed by atoms with E-state index < -0.39 is 0 Å². The van der Waals surface area contributed by atoms with Crippen LogP contribution in [0.3, 0.4) is 0 Å². The first-order valence-corrected chi connectivity index (χ1v) is 8.43. The van der Waals surface area contributed by atoms with E-state index >= 15 is 0 Å². The molecule has 0 radical (unpaired) electrons. The third-order valence-corrected chi connectivity index (χ3v) is 3.70. The standard InChI is InChI=1S/C20H21N3O5/c1-23(14-19(24)22-13-16-4-3-10-27-16)20(25)8-6-15-5-7-17(28-11-9-21)18(12-15)26-2/h3-8,10,12H,11,13-14H2,1-2H3,(H,22,24). The summed E-state index contributed by atoms with van der Waals surface area (Å²) in [5.41, 5.74) is 0.713. The Hall–Kier alpha value is -3.73. The molecule has 2 rings (SSSR count). The number of nitrogens with zero attached hydrogens (tertiary/aromatic N) is 2. The van der Waals surface area contributed by atoms with E-state index in [1.165, 1.54) is 24.3 Å². The molecule has 1 heterocycles. The molecule has 0 saturated heterocycles. The van der Waals surface area contributed by atoms with Gasteiger partial charge in [-0.25, -0.2) is 0 Å². The van der Waals surface area contributed by atoms with E-state index in [1.807, 2.05) is 6.07 Å². The third kappa shape index (κ3) is 6.21. The van der Waals surface area contributed by atoms with Gasteiger partial charge in [-0.3, -0.25) is 9.59 Å². The molecular weight excluding hydrogens is 362 g/mol. The van der Waals surface area contributed by atoms with Crippen molar-refractivity contribution in [2.24, 2.45) is 0 Å². The number of amides is 2. The molecule has 1 aromatic heterocycles. The molecule has 0 unspecified atom stereocenters. The fourth-order valence-electron chi connectivity index (χ4n) is 2.26. The molecule has 0 bridgehead atoms. The Labute approximate surface area is 162 Å². The van der Waals surface area contributed by atoms with E-state index in [4.69, 9.17) is 19.2 Å². The summed E-state index contributed by atoms with van der Waals surface area (Å²) in [7, 11) is 3.03. The number of benzene rings is 1. The molecule has 1 N–H and O–H groups in total. The van der Waals surface area contributed by atoms with E-state index in [-0.39, 0.29) is 31.5 Å². The zero-order valence-electron chi connectivity index (χ0n) is 15.7. The van der Waals surface area contributed by atoms with Crippen LogP contribution in [-0.4, -0.2) is 44.0 Å². The van der Waals surface area contributed by atoms with Crippen molar-refractivity contribution in [2.75, 3.05) is 27.3 Å². The van der Waals surface area contributed by atoms with E-state index in [1.54, 1.807) is 43.5 Å². The van der Waals surface area contributed by atoms with Gasteiger partial charge in [0.25, 0.3) is 0 Å². The minimum absolute atomic E-state index is 0.0753. The quantitative estimate of drug-likeness (QED) is 0.664. The lowest BCUT2D eigenvalue weighted by molar-refractivity contribution is -0.131. The molecule has 0 spiro atoms. The van der Waals surface area contributed by atoms with Gasteiger partial charge in [-0.15, -0.1) is 0 Å². The summed E-state index contributed by atoms with van der Waals surface area (Å²) in [6.07, 6.45) is 4.50. The van der Waals surface area contributed by atoms with Crippen molar-refractivity contribution >= 4 is 17.9 Å². The maximum absolute atomic E-state index is 12.2. The topological polar surface area (TPSA) is 105 Å². The lowest BCUT2D eigenvalue weighted by Gasteiger charge is -2.14. The van der Waals surface area contributed by atoms with Gasteiger partial charge < -0.3 is 24.1 Å². The molecule has 8 nitrogen and oxygen atoms in total. The van der Waals surface area contributed by atoms with Gasteiger partial charge >= 0.3 is 0 Å². The maximum Gasteiger partial charge on any atom is 0.246 e. The summed E-state index contributed by atoms with van der Waals surface area (Å²) in [6, 6.07) is 10.5. The van der Waals surface area contributed by atoms with Crippen LogP contribution in [0.4, 0.5) is 0 Å². The average molecular weight is 383 g/mol. The van der Waals surface area contributed by atoms with Crippen LogP contribution < -0.4 is 14.8 Å². The monoisotopic (exact) mass is 383 g/mol. The zero-order valence-corrected chi connectivity index (χ0v) is 15.7. The van der Waals surface area contributed by atoms with Crippen molar-refractivity contribution in [3.8, 4) is 17.6 Å².